The summed E-state index contributed by atoms with van der Waals surface area (Å²) in [6, 6.07) is 8.33. The molecule has 1 fully saturated rings. The summed E-state index contributed by atoms with van der Waals surface area (Å²) >= 11 is 0. The van der Waals surface area contributed by atoms with Gasteiger partial charge in [0.1, 0.15) is 0 Å². The van der Waals surface area contributed by atoms with Crippen LogP contribution < -0.4 is 4.72 Å². The molecule has 2 rings (SSSR count). The van der Waals surface area contributed by atoms with Crippen molar-refractivity contribution in [2.75, 3.05) is 26.2 Å². The number of nitrogens with one attached hydrogen (secondary N) is 1. The number of hydrogen-bond acceptors (Lipinski definition) is 3. The van der Waals surface area contributed by atoms with E-state index in [0.29, 0.717) is 0 Å². The van der Waals surface area contributed by atoms with Crippen LogP contribution in [-0.4, -0.2) is 39.5 Å². The van der Waals surface area contributed by atoms with Crippen LogP contribution >= 0.6 is 0 Å². The highest BCUT2D eigenvalue weighted by atomic mass is 32.2. The summed E-state index contributed by atoms with van der Waals surface area (Å²) in [6.07, 6.45) is 2.48. The van der Waals surface area contributed by atoms with Gasteiger partial charge in [0.25, 0.3) is 0 Å². The molecule has 0 amide bonds. The van der Waals surface area contributed by atoms with Gasteiger partial charge in [0.2, 0.25) is 10.0 Å². The highest BCUT2D eigenvalue weighted by Gasteiger charge is 2.11. The molecule has 0 radical (unpaired) electrons. The lowest BCUT2D eigenvalue weighted by Crippen LogP contribution is -2.24. The second kappa shape index (κ2) is 6.71. The maximum absolute atomic E-state index is 11.9. The minimum absolute atomic E-state index is 0.158. The molecule has 0 unspecified atom stereocenters. The van der Waals surface area contributed by atoms with Gasteiger partial charge in [-0.05, 0) is 38.1 Å². The zero-order valence-corrected chi connectivity index (χ0v) is 11.6. The van der Waals surface area contributed by atoms with Crippen LogP contribution in [0.3, 0.4) is 0 Å². The number of hydrogen-bond donors (Lipinski definition) is 1. The summed E-state index contributed by atoms with van der Waals surface area (Å²) in [4.78, 5) is 2.55. The smallest absolute Gasteiger partial charge is 0.241 e. The van der Waals surface area contributed by atoms with Gasteiger partial charge in [0, 0.05) is 0 Å². The Hall–Kier alpha value is -1.35. The molecule has 0 aliphatic carbocycles. The fourth-order valence-electron chi connectivity index (χ4n) is 1.99. The summed E-state index contributed by atoms with van der Waals surface area (Å²) in [5.74, 6) is 5.86. The van der Waals surface area contributed by atoms with Crippen LogP contribution in [-0.2, 0) is 10.0 Å². The van der Waals surface area contributed by atoms with E-state index in [0.717, 1.165) is 19.6 Å². The Bertz CT molecular complexity index is 552. The standard InChI is InChI=1S/C14H18N2O2S/c17-19(18,14-8-2-1-3-9-14)15-10-4-5-11-16-12-6-7-13-16/h1-3,8-9,15H,6-7,10-13H2. The van der Waals surface area contributed by atoms with Crippen molar-refractivity contribution >= 4 is 10.0 Å². The first-order valence-electron chi connectivity index (χ1n) is 6.41. The molecule has 1 N–H and O–H groups in total. The number of sulfonamides is 1. The summed E-state index contributed by atoms with van der Waals surface area (Å²) in [5, 5.41) is 0. The predicted molar refractivity (Wildman–Crippen MR) is 75.1 cm³/mol. The van der Waals surface area contributed by atoms with Crippen molar-refractivity contribution in [1.29, 1.82) is 0 Å². The van der Waals surface area contributed by atoms with Crippen molar-refractivity contribution in [2.24, 2.45) is 0 Å². The monoisotopic (exact) mass is 278 g/mol. The largest absolute Gasteiger partial charge is 0.292 e. The van der Waals surface area contributed by atoms with E-state index in [9.17, 15) is 8.42 Å². The van der Waals surface area contributed by atoms with Gasteiger partial charge in [-0.1, -0.05) is 30.0 Å². The second-order valence-corrected chi connectivity index (χ2v) is 6.24. The lowest BCUT2D eigenvalue weighted by atomic mass is 10.4. The number of benzene rings is 1. The first-order valence-corrected chi connectivity index (χ1v) is 7.89. The molecule has 102 valence electrons. The van der Waals surface area contributed by atoms with E-state index in [4.69, 9.17) is 0 Å². The van der Waals surface area contributed by atoms with Crippen LogP contribution in [0.1, 0.15) is 12.8 Å². The van der Waals surface area contributed by atoms with Gasteiger partial charge in [-0.25, -0.2) is 8.42 Å². The Morgan fingerprint density at radius 1 is 1.11 bits per heavy atom. The molecule has 1 aliphatic rings. The molecule has 4 nitrogen and oxygen atoms in total. The molecule has 1 aliphatic heterocycles. The quantitative estimate of drug-likeness (QED) is 0.838. The third kappa shape index (κ3) is 4.35. The van der Waals surface area contributed by atoms with Crippen molar-refractivity contribution in [1.82, 2.24) is 9.62 Å². The summed E-state index contributed by atoms with van der Waals surface area (Å²) in [6.45, 7) is 3.09. The van der Waals surface area contributed by atoms with E-state index < -0.39 is 10.0 Å². The Kier molecular flexibility index (Phi) is 4.97. The van der Waals surface area contributed by atoms with Crippen LogP contribution in [0.15, 0.2) is 35.2 Å². The molecule has 0 spiro atoms. The van der Waals surface area contributed by atoms with E-state index in [1.807, 2.05) is 0 Å². The van der Waals surface area contributed by atoms with Crippen LogP contribution in [0.2, 0.25) is 0 Å². The second-order valence-electron chi connectivity index (χ2n) is 4.47. The van der Waals surface area contributed by atoms with Crippen LogP contribution in [0.25, 0.3) is 0 Å². The summed E-state index contributed by atoms with van der Waals surface area (Å²) in [5.41, 5.74) is 0. The molecular formula is C14H18N2O2S. The van der Waals surface area contributed by atoms with Gasteiger partial charge >= 0.3 is 0 Å². The number of rotatable bonds is 4. The zero-order chi connectivity index (χ0) is 13.6. The number of likely N-dealkylation sites (tertiary alicyclic amines) is 1. The fraction of sp³-hybridized carbons (Fsp3) is 0.429. The van der Waals surface area contributed by atoms with E-state index in [-0.39, 0.29) is 11.4 Å². The van der Waals surface area contributed by atoms with Gasteiger partial charge in [0.05, 0.1) is 18.0 Å². The highest BCUT2D eigenvalue weighted by molar-refractivity contribution is 7.89. The fourth-order valence-corrected chi connectivity index (χ4v) is 2.93. The van der Waals surface area contributed by atoms with Crippen LogP contribution in [0.4, 0.5) is 0 Å². The van der Waals surface area contributed by atoms with Gasteiger partial charge in [-0.2, -0.15) is 4.72 Å². The first-order chi connectivity index (χ1) is 9.18. The predicted octanol–water partition coefficient (Wildman–Crippen LogP) is 1.06. The van der Waals surface area contributed by atoms with Gasteiger partial charge < -0.3 is 0 Å². The van der Waals surface area contributed by atoms with Crippen molar-refractivity contribution < 1.29 is 8.42 Å². The lowest BCUT2D eigenvalue weighted by Gasteiger charge is -2.08. The zero-order valence-electron chi connectivity index (χ0n) is 10.8. The molecule has 1 aromatic carbocycles. The topological polar surface area (TPSA) is 49.4 Å². The SMILES string of the molecule is O=S(=O)(NCC#CCN1CCCC1)c1ccccc1. The summed E-state index contributed by atoms with van der Waals surface area (Å²) < 4.78 is 26.2. The number of nitrogens with zero attached hydrogens (tertiary/aromatic N) is 1. The minimum atomic E-state index is -3.43. The Morgan fingerprint density at radius 2 is 1.79 bits per heavy atom. The average Bonchev–Trinajstić information content (AvgIpc) is 2.92. The molecule has 1 aromatic rings. The van der Waals surface area contributed by atoms with E-state index >= 15 is 0 Å². The third-order valence-electron chi connectivity index (χ3n) is 3.03. The third-order valence-corrected chi connectivity index (χ3v) is 4.45. The van der Waals surface area contributed by atoms with E-state index in [2.05, 4.69) is 21.5 Å². The molecule has 1 heterocycles. The maximum Gasteiger partial charge on any atom is 0.241 e. The molecule has 5 heteroatoms. The van der Waals surface area contributed by atoms with Crippen molar-refractivity contribution in [3.05, 3.63) is 30.3 Å². The molecule has 0 saturated carbocycles. The molecule has 1 saturated heterocycles. The van der Waals surface area contributed by atoms with Gasteiger partial charge in [-0.3, -0.25) is 4.90 Å². The lowest BCUT2D eigenvalue weighted by molar-refractivity contribution is 0.383. The molecule has 19 heavy (non-hydrogen) atoms. The molecule has 0 bridgehead atoms. The van der Waals surface area contributed by atoms with Crippen LogP contribution in [0.5, 0.6) is 0 Å². The van der Waals surface area contributed by atoms with Gasteiger partial charge in [-0.15, -0.1) is 0 Å². The molecule has 0 aromatic heterocycles. The normalized spacial score (nSPS) is 16.0. The van der Waals surface area contributed by atoms with Crippen LogP contribution in [0, 0.1) is 11.8 Å². The Morgan fingerprint density at radius 3 is 2.47 bits per heavy atom. The molecular weight excluding hydrogens is 260 g/mol. The maximum atomic E-state index is 11.9. The van der Waals surface area contributed by atoms with Gasteiger partial charge in [0.15, 0.2) is 0 Å². The van der Waals surface area contributed by atoms with E-state index in [1.165, 1.54) is 12.8 Å². The van der Waals surface area contributed by atoms with Crippen molar-refractivity contribution in [3.8, 4) is 11.8 Å². The minimum Gasteiger partial charge on any atom is -0.292 e. The van der Waals surface area contributed by atoms with Crippen molar-refractivity contribution in [2.45, 2.75) is 17.7 Å². The highest BCUT2D eigenvalue weighted by Crippen LogP contribution is 2.06. The molecule has 0 atom stereocenters. The average molecular weight is 278 g/mol. The van der Waals surface area contributed by atoms with E-state index in [1.54, 1.807) is 30.3 Å². The Balaban J connectivity index is 1.80. The first kappa shape index (κ1) is 14.1. The Labute approximate surface area is 114 Å². The summed E-state index contributed by atoms with van der Waals surface area (Å²) in [7, 11) is -3.43. The van der Waals surface area contributed by atoms with Crippen molar-refractivity contribution in [3.63, 3.8) is 0 Å².